The lowest BCUT2D eigenvalue weighted by Crippen LogP contribution is -2.44. The third-order valence-corrected chi connectivity index (χ3v) is 5.59. The zero-order valence-corrected chi connectivity index (χ0v) is 11.9. The number of rotatable bonds is 5. The van der Waals surface area contributed by atoms with E-state index in [0.29, 0.717) is 44.0 Å². The van der Waals surface area contributed by atoms with Gasteiger partial charge in [0.15, 0.2) is 0 Å². The maximum absolute atomic E-state index is 12.7. The Morgan fingerprint density at radius 3 is 2.71 bits per heavy atom. The van der Waals surface area contributed by atoms with E-state index in [-0.39, 0.29) is 6.23 Å². The Balaban J connectivity index is 2.03. The Labute approximate surface area is 111 Å². The second-order valence-corrected chi connectivity index (χ2v) is 7.00. The molecular weight excluding hydrogens is 286 g/mol. The number of nitrogens with zero attached hydrogens (tertiary/aromatic N) is 1. The maximum atomic E-state index is 12.7. The minimum absolute atomic E-state index is 0.164. The molecule has 17 heavy (non-hydrogen) atoms. The van der Waals surface area contributed by atoms with Crippen LogP contribution in [0.3, 0.4) is 0 Å². The van der Waals surface area contributed by atoms with Crippen molar-refractivity contribution in [1.29, 1.82) is 0 Å². The van der Waals surface area contributed by atoms with Crippen LogP contribution in [0.4, 0.5) is 0 Å². The molecule has 0 aliphatic carbocycles. The fourth-order valence-corrected chi connectivity index (χ4v) is 4.85. The van der Waals surface area contributed by atoms with Crippen molar-refractivity contribution in [3.63, 3.8) is 0 Å². The highest BCUT2D eigenvalue weighted by Gasteiger charge is 2.44. The van der Waals surface area contributed by atoms with Crippen LogP contribution < -0.4 is 5.09 Å². The molecule has 3 atom stereocenters. The van der Waals surface area contributed by atoms with Gasteiger partial charge in [0.1, 0.15) is 6.23 Å². The van der Waals surface area contributed by atoms with Crippen LogP contribution >= 0.6 is 30.9 Å². The molecule has 2 fully saturated rings. The van der Waals surface area contributed by atoms with Crippen LogP contribution in [0, 0.1) is 5.92 Å². The van der Waals surface area contributed by atoms with E-state index in [1.54, 1.807) is 4.67 Å². The predicted octanol–water partition coefficient (Wildman–Crippen LogP) is 1.86. The van der Waals surface area contributed by atoms with Gasteiger partial charge in [0.05, 0.1) is 6.61 Å². The van der Waals surface area contributed by atoms with Crippen LogP contribution in [0.1, 0.15) is 6.42 Å². The van der Waals surface area contributed by atoms with Crippen molar-refractivity contribution in [3.8, 4) is 0 Å². The lowest BCUT2D eigenvalue weighted by Gasteiger charge is -2.37. The van der Waals surface area contributed by atoms with E-state index in [2.05, 4.69) is 5.09 Å². The third kappa shape index (κ3) is 3.16. The molecule has 0 aromatic carbocycles. The fourth-order valence-electron chi connectivity index (χ4n) is 2.08. The van der Waals surface area contributed by atoms with Crippen LogP contribution in [-0.4, -0.2) is 49.0 Å². The molecule has 0 aromatic rings. The zero-order chi connectivity index (χ0) is 12.3. The summed E-state index contributed by atoms with van der Waals surface area (Å²) in [7, 11) is -3.04. The molecule has 2 saturated heterocycles. The highest BCUT2D eigenvalue weighted by atomic mass is 35.5. The SMILES string of the molecule is O=[P@@]1(N(CCCl)CCCl)N[C@H]2OCC[C@H]2CO1. The molecule has 0 aromatic heterocycles. The topological polar surface area (TPSA) is 50.8 Å². The Bertz CT molecular complexity index is 302. The third-order valence-electron chi connectivity index (χ3n) is 3.03. The number of hydrogen-bond donors (Lipinski definition) is 1. The van der Waals surface area contributed by atoms with Crippen molar-refractivity contribution in [2.75, 3.05) is 38.1 Å². The van der Waals surface area contributed by atoms with Gasteiger partial charge in [-0.2, -0.15) is 0 Å². The van der Waals surface area contributed by atoms with E-state index in [1.165, 1.54) is 0 Å². The molecule has 0 unspecified atom stereocenters. The maximum Gasteiger partial charge on any atom is 0.345 e. The molecule has 0 bridgehead atoms. The lowest BCUT2D eigenvalue weighted by atomic mass is 10.1. The Morgan fingerprint density at radius 2 is 2.06 bits per heavy atom. The highest BCUT2D eigenvalue weighted by Crippen LogP contribution is 2.51. The molecule has 2 heterocycles. The van der Waals surface area contributed by atoms with Gasteiger partial charge in [0, 0.05) is 37.4 Å². The van der Waals surface area contributed by atoms with Crippen LogP contribution in [-0.2, 0) is 13.8 Å². The average Bonchev–Trinajstić information content (AvgIpc) is 2.75. The Morgan fingerprint density at radius 1 is 1.35 bits per heavy atom. The normalized spacial score (nSPS) is 37.4. The molecule has 0 amide bonds. The summed E-state index contributed by atoms with van der Waals surface area (Å²) in [4.78, 5) is 0. The molecule has 5 nitrogen and oxygen atoms in total. The standard InChI is InChI=1S/C9H17Cl2N2O3P/c10-2-4-13(5-3-11)17(14)12-9-8(7-16-17)1-6-15-9/h8-9H,1-7H2,(H,12,14)/t8-,9-,17-/m0/s1. The van der Waals surface area contributed by atoms with Gasteiger partial charge in [-0.05, 0) is 6.42 Å². The number of nitrogens with one attached hydrogen (secondary N) is 1. The first-order valence-corrected chi connectivity index (χ1v) is 8.35. The largest absolute Gasteiger partial charge is 0.362 e. The molecule has 100 valence electrons. The quantitative estimate of drug-likeness (QED) is 0.620. The summed E-state index contributed by atoms with van der Waals surface area (Å²) in [6.07, 6.45) is 0.783. The summed E-state index contributed by atoms with van der Waals surface area (Å²) in [5.41, 5.74) is 0. The number of hydrogen-bond acceptors (Lipinski definition) is 3. The summed E-state index contributed by atoms with van der Waals surface area (Å²) in [6.45, 7) is 2.12. The molecule has 2 aliphatic heterocycles. The summed E-state index contributed by atoms with van der Waals surface area (Å²) < 4.78 is 25.4. The van der Waals surface area contributed by atoms with E-state index < -0.39 is 7.67 Å². The van der Waals surface area contributed by atoms with Crippen molar-refractivity contribution >= 4 is 30.9 Å². The molecule has 8 heteroatoms. The number of fused-ring (bicyclic) bond motifs is 1. The van der Waals surface area contributed by atoms with Gasteiger partial charge in [-0.1, -0.05) is 0 Å². The van der Waals surface area contributed by atoms with Crippen molar-refractivity contribution in [2.24, 2.45) is 5.92 Å². The average molecular weight is 303 g/mol. The number of ether oxygens (including phenoxy) is 1. The first kappa shape index (κ1) is 14.1. The summed E-state index contributed by atoms with van der Waals surface area (Å²) in [5, 5.41) is 2.98. The number of halogens is 2. The fraction of sp³-hybridized carbons (Fsp3) is 1.00. The van der Waals surface area contributed by atoms with Gasteiger partial charge in [0.25, 0.3) is 0 Å². The second-order valence-electron chi connectivity index (χ2n) is 4.12. The van der Waals surface area contributed by atoms with Gasteiger partial charge in [-0.15, -0.1) is 23.2 Å². The van der Waals surface area contributed by atoms with E-state index in [1.807, 2.05) is 0 Å². The first-order valence-electron chi connectivity index (χ1n) is 5.71. The Kier molecular flexibility index (Phi) is 5.13. The molecule has 2 rings (SSSR count). The van der Waals surface area contributed by atoms with Crippen LogP contribution in [0.2, 0.25) is 0 Å². The minimum Gasteiger partial charge on any atom is -0.362 e. The molecular formula is C9H17Cl2N2O3P. The van der Waals surface area contributed by atoms with Gasteiger partial charge in [0.2, 0.25) is 0 Å². The van der Waals surface area contributed by atoms with Crippen molar-refractivity contribution in [2.45, 2.75) is 12.6 Å². The summed E-state index contributed by atoms with van der Waals surface area (Å²) in [6, 6.07) is 0. The lowest BCUT2D eigenvalue weighted by molar-refractivity contribution is 0.0392. The van der Waals surface area contributed by atoms with Gasteiger partial charge >= 0.3 is 7.67 Å². The molecule has 0 saturated carbocycles. The zero-order valence-electron chi connectivity index (χ0n) is 9.48. The predicted molar refractivity (Wildman–Crippen MR) is 67.6 cm³/mol. The van der Waals surface area contributed by atoms with E-state index in [0.717, 1.165) is 6.42 Å². The van der Waals surface area contributed by atoms with Gasteiger partial charge in [-0.3, -0.25) is 4.57 Å². The molecule has 0 spiro atoms. The smallest absolute Gasteiger partial charge is 0.345 e. The van der Waals surface area contributed by atoms with Crippen molar-refractivity contribution in [1.82, 2.24) is 9.76 Å². The van der Waals surface area contributed by atoms with Crippen LogP contribution in [0.15, 0.2) is 0 Å². The minimum atomic E-state index is -3.04. The summed E-state index contributed by atoms with van der Waals surface area (Å²) >= 11 is 11.4. The van der Waals surface area contributed by atoms with E-state index in [4.69, 9.17) is 32.5 Å². The molecule has 1 N–H and O–H groups in total. The number of alkyl halides is 2. The second kappa shape index (κ2) is 6.20. The first-order chi connectivity index (χ1) is 8.19. The molecule has 2 aliphatic rings. The summed E-state index contributed by atoms with van der Waals surface area (Å²) in [5.74, 6) is 1.08. The monoisotopic (exact) mass is 302 g/mol. The highest BCUT2D eigenvalue weighted by molar-refractivity contribution is 7.54. The molecule has 0 radical (unpaired) electrons. The van der Waals surface area contributed by atoms with Crippen molar-refractivity contribution < 1.29 is 13.8 Å². The van der Waals surface area contributed by atoms with Crippen LogP contribution in [0.25, 0.3) is 0 Å². The van der Waals surface area contributed by atoms with Crippen molar-refractivity contribution in [3.05, 3.63) is 0 Å². The van der Waals surface area contributed by atoms with E-state index in [9.17, 15) is 4.57 Å². The van der Waals surface area contributed by atoms with Crippen LogP contribution in [0.5, 0.6) is 0 Å². The van der Waals surface area contributed by atoms with Gasteiger partial charge < -0.3 is 9.26 Å². The Hall–Kier alpha value is 0.650. The van der Waals surface area contributed by atoms with Gasteiger partial charge in [-0.25, -0.2) is 9.76 Å². The van der Waals surface area contributed by atoms with E-state index >= 15 is 0 Å².